The Morgan fingerprint density at radius 3 is 2.79 bits per heavy atom. The normalized spacial score (nSPS) is 57.8. The van der Waals surface area contributed by atoms with E-state index < -0.39 is 0 Å². The van der Waals surface area contributed by atoms with Gasteiger partial charge in [-0.2, -0.15) is 5.26 Å². The van der Waals surface area contributed by atoms with Gasteiger partial charge in [-0.05, 0) is 84.5 Å². The van der Waals surface area contributed by atoms with E-state index in [4.69, 9.17) is 0 Å². The molecule has 0 aliphatic heterocycles. The van der Waals surface area contributed by atoms with Crippen molar-refractivity contribution in [2.24, 2.45) is 52.3 Å². The molecule has 5 aliphatic carbocycles. The van der Waals surface area contributed by atoms with Crippen molar-refractivity contribution in [1.82, 2.24) is 0 Å². The minimum atomic E-state index is 0.252. The molecule has 0 spiro atoms. The molecule has 2 heteroatoms. The highest BCUT2D eigenvalue weighted by atomic mass is 16.1. The molecule has 2 nitrogen and oxygen atoms in total. The molecule has 0 unspecified atom stereocenters. The first-order valence-electron chi connectivity index (χ1n) is 10.0. The van der Waals surface area contributed by atoms with Crippen LogP contribution in [0.5, 0.6) is 0 Å². The van der Waals surface area contributed by atoms with Gasteiger partial charge < -0.3 is 0 Å². The molecule has 128 valence electrons. The van der Waals surface area contributed by atoms with E-state index in [1.807, 2.05) is 6.08 Å². The largest absolute Gasteiger partial charge is 0.295 e. The van der Waals surface area contributed by atoms with E-state index in [1.165, 1.54) is 24.8 Å². The van der Waals surface area contributed by atoms with Gasteiger partial charge in [-0.25, -0.2) is 0 Å². The van der Waals surface area contributed by atoms with Gasteiger partial charge in [0.05, 0.1) is 12.0 Å². The molecule has 0 N–H and O–H groups in total. The van der Waals surface area contributed by atoms with Gasteiger partial charge in [-0.15, -0.1) is 0 Å². The second kappa shape index (κ2) is 4.54. The summed E-state index contributed by atoms with van der Waals surface area (Å²) in [7, 11) is 0. The lowest BCUT2D eigenvalue weighted by atomic mass is 9.44. The zero-order chi connectivity index (χ0) is 16.9. The molecule has 9 atom stereocenters. The Balaban J connectivity index is 1.57. The first-order chi connectivity index (χ1) is 11.4. The summed E-state index contributed by atoms with van der Waals surface area (Å²) in [5.74, 6) is 5.12. The Kier molecular flexibility index (Phi) is 2.87. The van der Waals surface area contributed by atoms with Crippen molar-refractivity contribution in [3.05, 3.63) is 11.6 Å². The van der Waals surface area contributed by atoms with Gasteiger partial charge in [0.2, 0.25) is 0 Å². The van der Waals surface area contributed by atoms with Gasteiger partial charge in [-0.1, -0.05) is 26.3 Å². The molecule has 5 rings (SSSR count). The first-order valence-corrected chi connectivity index (χ1v) is 10.0. The summed E-state index contributed by atoms with van der Waals surface area (Å²) in [5, 5.41) is 9.80. The molecule has 0 radical (unpaired) electrons. The summed E-state index contributed by atoms with van der Waals surface area (Å²) in [6.45, 7) is 7.33. The maximum Gasteiger partial charge on any atom is 0.155 e. The predicted octanol–water partition coefficient (Wildman–Crippen LogP) is 4.76. The van der Waals surface area contributed by atoms with E-state index >= 15 is 0 Å². The van der Waals surface area contributed by atoms with E-state index in [2.05, 4.69) is 26.8 Å². The molecular weight excluding hydrogens is 294 g/mol. The van der Waals surface area contributed by atoms with E-state index in [0.717, 1.165) is 42.9 Å². The third kappa shape index (κ3) is 1.65. The maximum atomic E-state index is 12.0. The van der Waals surface area contributed by atoms with Crippen molar-refractivity contribution in [2.75, 3.05) is 0 Å². The van der Waals surface area contributed by atoms with Gasteiger partial charge in [0.1, 0.15) is 0 Å². The van der Waals surface area contributed by atoms with Crippen molar-refractivity contribution < 1.29 is 4.79 Å². The summed E-state index contributed by atoms with van der Waals surface area (Å²) in [5.41, 5.74) is 1.97. The molecule has 4 saturated carbocycles. The number of carbonyl (C=O) groups excluding carboxylic acids is 1. The fourth-order valence-electron chi connectivity index (χ4n) is 8.08. The van der Waals surface area contributed by atoms with Gasteiger partial charge in [-0.3, -0.25) is 4.79 Å². The third-order valence-electron chi connectivity index (χ3n) is 9.24. The molecule has 0 amide bonds. The van der Waals surface area contributed by atoms with Crippen molar-refractivity contribution in [3.63, 3.8) is 0 Å². The SMILES string of the molecule is C[C@@H]1CC2=CC(=O)CC[C@]2(C)[C@H]2CC[C@@]3(C)[C@@H]([C@@H]4C[C@@H]4[C@@H]3C#N)[C@H]12. The van der Waals surface area contributed by atoms with Crippen LogP contribution in [0.1, 0.15) is 59.3 Å². The number of nitriles is 1. The summed E-state index contributed by atoms with van der Waals surface area (Å²) in [6, 6.07) is 2.72. The summed E-state index contributed by atoms with van der Waals surface area (Å²) < 4.78 is 0. The van der Waals surface area contributed by atoms with Crippen molar-refractivity contribution in [3.8, 4) is 6.07 Å². The van der Waals surface area contributed by atoms with Crippen LogP contribution >= 0.6 is 0 Å². The number of carbonyl (C=O) groups is 1. The Morgan fingerprint density at radius 1 is 1.25 bits per heavy atom. The predicted molar refractivity (Wildman–Crippen MR) is 92.7 cm³/mol. The van der Waals surface area contributed by atoms with Crippen LogP contribution in [0.2, 0.25) is 0 Å². The number of allylic oxidation sites excluding steroid dienone is 1. The van der Waals surface area contributed by atoms with Gasteiger partial charge in [0, 0.05) is 6.42 Å². The van der Waals surface area contributed by atoms with Crippen LogP contribution in [-0.4, -0.2) is 5.78 Å². The molecule has 0 aromatic carbocycles. The number of fused-ring (bicyclic) bond motifs is 7. The van der Waals surface area contributed by atoms with Crippen molar-refractivity contribution >= 4 is 5.78 Å². The van der Waals surface area contributed by atoms with E-state index in [0.29, 0.717) is 23.5 Å². The van der Waals surface area contributed by atoms with Crippen LogP contribution in [-0.2, 0) is 4.79 Å². The number of ketones is 1. The zero-order valence-corrected chi connectivity index (χ0v) is 15.2. The Labute approximate surface area is 145 Å². The average molecular weight is 323 g/mol. The fraction of sp³-hybridized carbons (Fsp3) is 0.818. The first kappa shape index (κ1) is 15.2. The van der Waals surface area contributed by atoms with E-state index in [-0.39, 0.29) is 10.8 Å². The molecular formula is C22H29NO. The second-order valence-corrected chi connectivity index (χ2v) is 10.2. The van der Waals surface area contributed by atoms with E-state index in [9.17, 15) is 10.1 Å². The van der Waals surface area contributed by atoms with E-state index in [1.54, 1.807) is 0 Å². The van der Waals surface area contributed by atoms with Gasteiger partial charge in [0.15, 0.2) is 5.78 Å². The monoisotopic (exact) mass is 323 g/mol. The average Bonchev–Trinajstić information content (AvgIpc) is 3.25. The van der Waals surface area contributed by atoms with Crippen LogP contribution in [0.3, 0.4) is 0 Å². The summed E-state index contributed by atoms with van der Waals surface area (Å²) >= 11 is 0. The molecule has 5 aliphatic rings. The lowest BCUT2D eigenvalue weighted by Gasteiger charge is -2.60. The van der Waals surface area contributed by atoms with Crippen LogP contribution in [0.4, 0.5) is 0 Å². The standard InChI is InChI=1S/C22H29NO/c1-12-8-13-9-14(24)4-6-21(13,2)17-5-7-22(3)18(11-23)15-10-16(15)20(22)19(12)17/h9,12,15-20H,4-8,10H2,1-3H3/t12-,15+,16-,17+,18+,19-,20+,21+,22-/m1/s1. The number of rotatable bonds is 0. The quantitative estimate of drug-likeness (QED) is 0.645. The van der Waals surface area contributed by atoms with Crippen LogP contribution in [0, 0.1) is 63.6 Å². The van der Waals surface area contributed by atoms with Crippen LogP contribution in [0.15, 0.2) is 11.6 Å². The van der Waals surface area contributed by atoms with Crippen molar-refractivity contribution in [2.45, 2.75) is 59.3 Å². The third-order valence-corrected chi connectivity index (χ3v) is 9.24. The minimum absolute atomic E-state index is 0.252. The Morgan fingerprint density at radius 2 is 2.04 bits per heavy atom. The van der Waals surface area contributed by atoms with Crippen molar-refractivity contribution in [1.29, 1.82) is 5.26 Å². The Hall–Kier alpha value is -1.10. The zero-order valence-electron chi connectivity index (χ0n) is 15.2. The van der Waals surface area contributed by atoms with Crippen LogP contribution < -0.4 is 0 Å². The molecule has 24 heavy (non-hydrogen) atoms. The number of hydrogen-bond donors (Lipinski definition) is 0. The Bertz CT molecular complexity index is 687. The molecule has 0 aromatic heterocycles. The number of hydrogen-bond acceptors (Lipinski definition) is 2. The summed E-state index contributed by atoms with van der Waals surface area (Å²) in [4.78, 5) is 12.0. The lowest BCUT2D eigenvalue weighted by Crippen LogP contribution is -2.54. The molecule has 4 fully saturated rings. The topological polar surface area (TPSA) is 40.9 Å². The molecule has 0 bridgehead atoms. The minimum Gasteiger partial charge on any atom is -0.295 e. The maximum absolute atomic E-state index is 12.0. The lowest BCUT2D eigenvalue weighted by molar-refractivity contribution is -0.119. The summed E-state index contributed by atoms with van der Waals surface area (Å²) in [6.07, 6.45) is 8.74. The highest BCUT2D eigenvalue weighted by Crippen LogP contribution is 2.76. The number of nitrogens with zero attached hydrogens (tertiary/aromatic N) is 1. The smallest absolute Gasteiger partial charge is 0.155 e. The van der Waals surface area contributed by atoms with Gasteiger partial charge in [0.25, 0.3) is 0 Å². The van der Waals surface area contributed by atoms with Crippen LogP contribution in [0.25, 0.3) is 0 Å². The molecule has 0 aromatic rings. The molecule has 0 saturated heterocycles. The van der Waals surface area contributed by atoms with Gasteiger partial charge >= 0.3 is 0 Å². The fourth-order valence-corrected chi connectivity index (χ4v) is 8.08. The molecule has 0 heterocycles. The highest BCUT2D eigenvalue weighted by molar-refractivity contribution is 5.91. The second-order valence-electron chi connectivity index (χ2n) is 10.2. The highest BCUT2D eigenvalue weighted by Gasteiger charge is 2.71.